The van der Waals surface area contributed by atoms with Crippen LogP contribution in [0, 0.1) is 0 Å². The SMILES string of the molecule is COc1ccc(OC)c(C=C2SC(N3CC(C)OC(C)C3)=NC2=O)c1. The summed E-state index contributed by atoms with van der Waals surface area (Å²) < 4.78 is 16.4. The number of morpholine rings is 1. The van der Waals surface area contributed by atoms with E-state index < -0.39 is 0 Å². The van der Waals surface area contributed by atoms with Crippen LogP contribution in [0.1, 0.15) is 19.4 Å². The minimum absolute atomic E-state index is 0.119. The summed E-state index contributed by atoms with van der Waals surface area (Å²) in [6.45, 7) is 5.53. The first-order valence-electron chi connectivity index (χ1n) is 8.15. The number of aliphatic imine (C=N–C) groups is 1. The minimum atomic E-state index is -0.225. The van der Waals surface area contributed by atoms with Gasteiger partial charge in [0.05, 0.1) is 31.3 Å². The van der Waals surface area contributed by atoms with Crippen molar-refractivity contribution < 1.29 is 19.0 Å². The minimum Gasteiger partial charge on any atom is -0.497 e. The van der Waals surface area contributed by atoms with Crippen LogP contribution in [0.2, 0.25) is 0 Å². The molecule has 1 aromatic rings. The van der Waals surface area contributed by atoms with Gasteiger partial charge in [-0.2, -0.15) is 4.99 Å². The summed E-state index contributed by atoms with van der Waals surface area (Å²) in [5.41, 5.74) is 0.790. The number of amidine groups is 1. The molecule has 134 valence electrons. The van der Waals surface area contributed by atoms with E-state index in [1.165, 1.54) is 11.8 Å². The highest BCUT2D eigenvalue weighted by molar-refractivity contribution is 8.18. The first-order valence-corrected chi connectivity index (χ1v) is 8.96. The molecule has 1 saturated heterocycles. The van der Waals surface area contributed by atoms with Gasteiger partial charge in [-0.3, -0.25) is 4.79 Å². The summed E-state index contributed by atoms with van der Waals surface area (Å²) >= 11 is 1.39. The molecule has 3 rings (SSSR count). The standard InChI is InChI=1S/C18H22N2O4S/c1-11-9-20(10-12(2)24-11)18-19-17(21)16(25-18)8-13-7-14(22-3)5-6-15(13)23-4/h5-8,11-12H,9-10H2,1-4H3. The average molecular weight is 362 g/mol. The molecular weight excluding hydrogens is 340 g/mol. The number of hydrogen-bond donors (Lipinski definition) is 0. The lowest BCUT2D eigenvalue weighted by atomic mass is 10.1. The van der Waals surface area contributed by atoms with Gasteiger partial charge in [-0.05, 0) is 49.9 Å². The fourth-order valence-corrected chi connectivity index (χ4v) is 3.88. The molecule has 1 fully saturated rings. The zero-order valence-electron chi connectivity index (χ0n) is 14.8. The molecule has 2 aliphatic rings. The Morgan fingerprint density at radius 2 is 1.96 bits per heavy atom. The van der Waals surface area contributed by atoms with Gasteiger partial charge in [0.2, 0.25) is 0 Å². The lowest BCUT2D eigenvalue weighted by Crippen LogP contribution is -2.47. The van der Waals surface area contributed by atoms with E-state index in [0.29, 0.717) is 16.4 Å². The van der Waals surface area contributed by atoms with Crippen LogP contribution in [0.5, 0.6) is 11.5 Å². The molecule has 0 spiro atoms. The third kappa shape index (κ3) is 3.99. The predicted molar refractivity (Wildman–Crippen MR) is 99.1 cm³/mol. The topological polar surface area (TPSA) is 60.4 Å². The molecule has 0 aromatic heterocycles. The van der Waals surface area contributed by atoms with E-state index >= 15 is 0 Å². The second-order valence-electron chi connectivity index (χ2n) is 6.08. The summed E-state index contributed by atoms with van der Waals surface area (Å²) in [6, 6.07) is 5.49. The predicted octanol–water partition coefficient (Wildman–Crippen LogP) is 2.78. The number of rotatable bonds is 3. The number of thioether (sulfide) groups is 1. The number of carbonyl (C=O) groups is 1. The number of hydrogen-bond acceptors (Lipinski definition) is 6. The highest BCUT2D eigenvalue weighted by atomic mass is 32.2. The normalized spacial score (nSPS) is 25.3. The van der Waals surface area contributed by atoms with Gasteiger partial charge in [-0.25, -0.2) is 0 Å². The Bertz CT molecular complexity index is 722. The number of amides is 1. The lowest BCUT2D eigenvalue weighted by Gasteiger charge is -2.35. The fourth-order valence-electron chi connectivity index (χ4n) is 2.96. The largest absolute Gasteiger partial charge is 0.497 e. The fraction of sp³-hybridized carbons (Fsp3) is 0.444. The van der Waals surface area contributed by atoms with Gasteiger partial charge in [0.1, 0.15) is 11.5 Å². The summed E-state index contributed by atoms with van der Waals surface area (Å²) in [7, 11) is 3.21. The monoisotopic (exact) mass is 362 g/mol. The van der Waals surface area contributed by atoms with Crippen molar-refractivity contribution in [3.8, 4) is 11.5 Å². The quantitative estimate of drug-likeness (QED) is 0.771. The van der Waals surface area contributed by atoms with Crippen LogP contribution in [0.25, 0.3) is 6.08 Å². The van der Waals surface area contributed by atoms with Crippen molar-refractivity contribution >= 4 is 28.9 Å². The second kappa shape index (κ2) is 7.49. The van der Waals surface area contributed by atoms with Crippen molar-refractivity contribution in [2.45, 2.75) is 26.1 Å². The number of carbonyl (C=O) groups excluding carboxylic acids is 1. The maximum absolute atomic E-state index is 12.3. The summed E-state index contributed by atoms with van der Waals surface area (Å²) in [5, 5.41) is 0.736. The highest BCUT2D eigenvalue weighted by Crippen LogP contribution is 2.34. The third-order valence-corrected chi connectivity index (χ3v) is 5.07. The Morgan fingerprint density at radius 1 is 1.24 bits per heavy atom. The van der Waals surface area contributed by atoms with E-state index in [0.717, 1.165) is 23.8 Å². The van der Waals surface area contributed by atoms with E-state index in [9.17, 15) is 4.79 Å². The Balaban J connectivity index is 1.82. The van der Waals surface area contributed by atoms with Crippen LogP contribution in [-0.2, 0) is 9.53 Å². The smallest absolute Gasteiger partial charge is 0.286 e. The zero-order chi connectivity index (χ0) is 18.0. The molecule has 0 radical (unpaired) electrons. The maximum atomic E-state index is 12.3. The van der Waals surface area contributed by atoms with Gasteiger partial charge in [-0.1, -0.05) is 0 Å². The van der Waals surface area contributed by atoms with Crippen LogP contribution < -0.4 is 9.47 Å². The van der Waals surface area contributed by atoms with Gasteiger partial charge in [0, 0.05) is 18.7 Å². The third-order valence-electron chi connectivity index (χ3n) is 4.02. The van der Waals surface area contributed by atoms with Crippen molar-refractivity contribution in [3.63, 3.8) is 0 Å². The zero-order valence-corrected chi connectivity index (χ0v) is 15.6. The molecule has 0 saturated carbocycles. The molecule has 7 heteroatoms. The Kier molecular flexibility index (Phi) is 5.34. The molecule has 0 aliphatic carbocycles. The maximum Gasteiger partial charge on any atom is 0.286 e. The van der Waals surface area contributed by atoms with Crippen LogP contribution in [0.4, 0.5) is 0 Å². The number of nitrogens with zero attached hydrogens (tertiary/aromatic N) is 2. The van der Waals surface area contributed by atoms with Crippen LogP contribution in [0.3, 0.4) is 0 Å². The van der Waals surface area contributed by atoms with Gasteiger partial charge in [0.25, 0.3) is 5.91 Å². The average Bonchev–Trinajstić information content (AvgIpc) is 2.95. The number of benzene rings is 1. The van der Waals surface area contributed by atoms with Crippen molar-refractivity contribution in [3.05, 3.63) is 28.7 Å². The van der Waals surface area contributed by atoms with Gasteiger partial charge >= 0.3 is 0 Å². The highest BCUT2D eigenvalue weighted by Gasteiger charge is 2.31. The number of methoxy groups -OCH3 is 2. The Hall–Kier alpha value is -1.99. The van der Waals surface area contributed by atoms with E-state index in [1.807, 2.05) is 32.0 Å². The summed E-state index contributed by atoms with van der Waals surface area (Å²) in [5.74, 6) is 1.17. The van der Waals surface area contributed by atoms with Gasteiger partial charge in [-0.15, -0.1) is 0 Å². The van der Waals surface area contributed by atoms with Gasteiger partial charge < -0.3 is 19.1 Å². The molecule has 2 aliphatic heterocycles. The van der Waals surface area contributed by atoms with Crippen molar-refractivity contribution in [2.24, 2.45) is 4.99 Å². The van der Waals surface area contributed by atoms with Crippen molar-refractivity contribution in [1.82, 2.24) is 4.90 Å². The lowest BCUT2D eigenvalue weighted by molar-refractivity contribution is -0.113. The summed E-state index contributed by atoms with van der Waals surface area (Å²) in [4.78, 5) is 19.3. The Morgan fingerprint density at radius 3 is 2.60 bits per heavy atom. The molecule has 2 heterocycles. The number of ether oxygens (including phenoxy) is 3. The van der Waals surface area contributed by atoms with E-state index in [2.05, 4.69) is 9.89 Å². The summed E-state index contributed by atoms with van der Waals surface area (Å²) in [6.07, 6.45) is 2.04. The Labute approximate surface area is 151 Å². The molecule has 2 atom stereocenters. The van der Waals surface area contributed by atoms with Gasteiger partial charge in [0.15, 0.2) is 5.17 Å². The first-order chi connectivity index (χ1) is 12.0. The molecule has 25 heavy (non-hydrogen) atoms. The van der Waals surface area contributed by atoms with Crippen molar-refractivity contribution in [1.29, 1.82) is 0 Å². The molecular formula is C18H22N2O4S. The van der Waals surface area contributed by atoms with Crippen LogP contribution >= 0.6 is 11.8 Å². The molecule has 1 amide bonds. The first kappa shape index (κ1) is 17.8. The van der Waals surface area contributed by atoms with Crippen molar-refractivity contribution in [2.75, 3.05) is 27.3 Å². The molecule has 0 N–H and O–H groups in total. The molecule has 2 unspecified atom stereocenters. The van der Waals surface area contributed by atoms with Crippen LogP contribution in [-0.4, -0.2) is 55.5 Å². The second-order valence-corrected chi connectivity index (χ2v) is 7.09. The van der Waals surface area contributed by atoms with E-state index in [4.69, 9.17) is 14.2 Å². The molecule has 0 bridgehead atoms. The van der Waals surface area contributed by atoms with E-state index in [-0.39, 0.29) is 18.1 Å². The molecule has 1 aromatic carbocycles. The van der Waals surface area contributed by atoms with E-state index in [1.54, 1.807) is 20.3 Å². The molecule has 6 nitrogen and oxygen atoms in total. The van der Waals surface area contributed by atoms with Crippen LogP contribution in [0.15, 0.2) is 28.1 Å².